The van der Waals surface area contributed by atoms with Crippen LogP contribution >= 0.6 is 0 Å². The van der Waals surface area contributed by atoms with Gasteiger partial charge in [0.2, 0.25) is 11.7 Å². The van der Waals surface area contributed by atoms with Crippen molar-refractivity contribution in [2.45, 2.75) is 31.4 Å². The third-order valence-corrected chi connectivity index (χ3v) is 4.77. The first-order chi connectivity index (χ1) is 12.6. The van der Waals surface area contributed by atoms with Crippen molar-refractivity contribution in [3.8, 4) is 11.4 Å². The van der Waals surface area contributed by atoms with Gasteiger partial charge in [0, 0.05) is 18.5 Å². The van der Waals surface area contributed by atoms with Gasteiger partial charge in [-0.3, -0.25) is 4.79 Å². The van der Waals surface area contributed by atoms with E-state index in [1.807, 2.05) is 30.3 Å². The molecule has 1 spiro atoms. The van der Waals surface area contributed by atoms with Crippen LogP contribution in [-0.4, -0.2) is 62.3 Å². The summed E-state index contributed by atoms with van der Waals surface area (Å²) in [5.74, 6) is 0.546. The van der Waals surface area contributed by atoms with Gasteiger partial charge in [0.25, 0.3) is 0 Å². The SMILES string of the molecule is O=C1NC[C@]2(CCCN(C(=O)CCn3nnc(-c4ccccc4)n3)C2)O1. The number of ether oxygens (including phenoxy) is 1. The Morgan fingerprint density at radius 1 is 1.31 bits per heavy atom. The van der Waals surface area contributed by atoms with Gasteiger partial charge in [-0.05, 0) is 18.1 Å². The number of nitrogens with zero attached hydrogens (tertiary/aromatic N) is 5. The monoisotopic (exact) mass is 356 g/mol. The number of nitrogens with one attached hydrogen (secondary N) is 1. The Kier molecular flexibility index (Phi) is 4.27. The van der Waals surface area contributed by atoms with E-state index in [1.54, 1.807) is 4.90 Å². The number of aryl methyl sites for hydroxylation is 1. The van der Waals surface area contributed by atoms with Gasteiger partial charge in [-0.2, -0.15) is 4.80 Å². The maximum absolute atomic E-state index is 12.5. The van der Waals surface area contributed by atoms with E-state index in [0.717, 1.165) is 18.4 Å². The lowest BCUT2D eigenvalue weighted by Crippen LogP contribution is -2.52. The number of carbonyl (C=O) groups is 2. The smallest absolute Gasteiger partial charge is 0.407 e. The third-order valence-electron chi connectivity index (χ3n) is 4.77. The quantitative estimate of drug-likeness (QED) is 0.871. The average Bonchev–Trinajstić information content (AvgIpc) is 3.28. The number of rotatable bonds is 4. The van der Waals surface area contributed by atoms with Crippen molar-refractivity contribution < 1.29 is 14.3 Å². The van der Waals surface area contributed by atoms with E-state index in [1.165, 1.54) is 4.80 Å². The fourth-order valence-electron chi connectivity index (χ4n) is 3.44. The molecule has 1 N–H and O–H groups in total. The van der Waals surface area contributed by atoms with Crippen LogP contribution in [0.3, 0.4) is 0 Å². The zero-order valence-electron chi connectivity index (χ0n) is 14.3. The molecule has 3 heterocycles. The number of piperidine rings is 1. The van der Waals surface area contributed by atoms with E-state index >= 15 is 0 Å². The number of aromatic nitrogens is 4. The van der Waals surface area contributed by atoms with Crippen molar-refractivity contribution >= 4 is 12.0 Å². The van der Waals surface area contributed by atoms with Gasteiger partial charge >= 0.3 is 6.09 Å². The number of benzene rings is 1. The third kappa shape index (κ3) is 3.37. The highest BCUT2D eigenvalue weighted by molar-refractivity contribution is 5.77. The number of hydrogen-bond donors (Lipinski definition) is 1. The second-order valence-electron chi connectivity index (χ2n) is 6.67. The minimum Gasteiger partial charge on any atom is -0.439 e. The van der Waals surface area contributed by atoms with E-state index in [9.17, 15) is 9.59 Å². The highest BCUT2D eigenvalue weighted by Gasteiger charge is 2.44. The molecule has 4 rings (SSSR count). The van der Waals surface area contributed by atoms with Crippen LogP contribution in [0.1, 0.15) is 19.3 Å². The Morgan fingerprint density at radius 2 is 2.15 bits per heavy atom. The molecule has 2 aliphatic rings. The first-order valence-corrected chi connectivity index (χ1v) is 8.71. The highest BCUT2D eigenvalue weighted by atomic mass is 16.6. The molecule has 1 aromatic heterocycles. The van der Waals surface area contributed by atoms with Gasteiger partial charge in [0.15, 0.2) is 0 Å². The van der Waals surface area contributed by atoms with Crippen molar-refractivity contribution in [3.63, 3.8) is 0 Å². The number of hydrogen-bond acceptors (Lipinski definition) is 6. The van der Waals surface area contributed by atoms with Crippen molar-refractivity contribution in [2.24, 2.45) is 0 Å². The minimum absolute atomic E-state index is 0.00517. The fraction of sp³-hybridized carbons (Fsp3) is 0.471. The Morgan fingerprint density at radius 3 is 2.92 bits per heavy atom. The Bertz CT molecular complexity index is 808. The van der Waals surface area contributed by atoms with Crippen LogP contribution in [0, 0.1) is 0 Å². The Labute approximate surface area is 150 Å². The van der Waals surface area contributed by atoms with Crippen LogP contribution in [0.25, 0.3) is 11.4 Å². The second kappa shape index (κ2) is 6.74. The van der Waals surface area contributed by atoms with Crippen LogP contribution in [0.15, 0.2) is 30.3 Å². The van der Waals surface area contributed by atoms with E-state index < -0.39 is 11.7 Å². The van der Waals surface area contributed by atoms with Crippen molar-refractivity contribution in [2.75, 3.05) is 19.6 Å². The molecule has 0 unspecified atom stereocenters. The molecule has 2 aromatic rings. The molecule has 2 amide bonds. The van der Waals surface area contributed by atoms with Crippen molar-refractivity contribution in [1.29, 1.82) is 0 Å². The summed E-state index contributed by atoms with van der Waals surface area (Å²) in [6.45, 7) is 1.93. The molecule has 26 heavy (non-hydrogen) atoms. The largest absolute Gasteiger partial charge is 0.439 e. The Hall–Kier alpha value is -2.97. The average molecular weight is 356 g/mol. The summed E-state index contributed by atoms with van der Waals surface area (Å²) in [5, 5.41) is 15.1. The van der Waals surface area contributed by atoms with Crippen molar-refractivity contribution in [3.05, 3.63) is 30.3 Å². The summed E-state index contributed by atoms with van der Waals surface area (Å²) in [6.07, 6.45) is 1.47. The lowest BCUT2D eigenvalue weighted by molar-refractivity contribution is -0.137. The maximum Gasteiger partial charge on any atom is 0.407 e. The summed E-state index contributed by atoms with van der Waals surface area (Å²) < 4.78 is 5.40. The summed E-state index contributed by atoms with van der Waals surface area (Å²) in [7, 11) is 0. The number of tetrazole rings is 1. The van der Waals surface area contributed by atoms with Crippen molar-refractivity contribution in [1.82, 2.24) is 30.4 Å². The van der Waals surface area contributed by atoms with E-state index in [4.69, 9.17) is 4.74 Å². The molecular formula is C17H20N6O3. The first kappa shape index (κ1) is 16.5. The molecule has 0 bridgehead atoms. The van der Waals surface area contributed by atoms with E-state index in [2.05, 4.69) is 20.7 Å². The molecule has 1 atom stereocenters. The molecule has 0 radical (unpaired) electrons. The number of likely N-dealkylation sites (tertiary alicyclic amines) is 1. The van der Waals surface area contributed by atoms with Crippen LogP contribution < -0.4 is 5.32 Å². The van der Waals surface area contributed by atoms with Crippen LogP contribution in [0.5, 0.6) is 0 Å². The fourth-order valence-corrected chi connectivity index (χ4v) is 3.44. The molecule has 2 aliphatic heterocycles. The van der Waals surface area contributed by atoms with Gasteiger partial charge in [-0.15, -0.1) is 10.2 Å². The lowest BCUT2D eigenvalue weighted by Gasteiger charge is -2.38. The Balaban J connectivity index is 1.34. The van der Waals surface area contributed by atoms with Gasteiger partial charge < -0.3 is 15.0 Å². The van der Waals surface area contributed by atoms with Gasteiger partial charge in [-0.1, -0.05) is 30.3 Å². The number of carbonyl (C=O) groups excluding carboxylic acids is 2. The molecule has 136 valence electrons. The number of alkyl carbamates (subject to hydrolysis) is 1. The van der Waals surface area contributed by atoms with Crippen LogP contribution in [0.2, 0.25) is 0 Å². The molecular weight excluding hydrogens is 336 g/mol. The normalized spacial score (nSPS) is 22.3. The number of amides is 2. The zero-order chi connectivity index (χ0) is 18.0. The molecule has 2 saturated heterocycles. The molecule has 9 heteroatoms. The lowest BCUT2D eigenvalue weighted by atomic mass is 9.93. The summed E-state index contributed by atoms with van der Waals surface area (Å²) in [6, 6.07) is 9.58. The summed E-state index contributed by atoms with van der Waals surface area (Å²) in [5.41, 5.74) is 0.315. The molecule has 0 aliphatic carbocycles. The topological polar surface area (TPSA) is 102 Å². The second-order valence-corrected chi connectivity index (χ2v) is 6.67. The first-order valence-electron chi connectivity index (χ1n) is 8.71. The standard InChI is InChI=1S/C17H20N6O3/c24-14(22-9-4-8-17(12-22)11-18-16(25)26-17)7-10-23-20-15(19-21-23)13-5-2-1-3-6-13/h1-3,5-6H,4,7-12H2,(H,18,25)/t17-/m0/s1. The predicted octanol–water partition coefficient (Wildman–Crippen LogP) is 0.831. The zero-order valence-corrected chi connectivity index (χ0v) is 14.3. The maximum atomic E-state index is 12.5. The van der Waals surface area contributed by atoms with E-state index in [0.29, 0.717) is 32.0 Å². The molecule has 2 fully saturated rings. The van der Waals surface area contributed by atoms with Gasteiger partial charge in [0.1, 0.15) is 5.60 Å². The minimum atomic E-state index is -0.572. The van der Waals surface area contributed by atoms with Gasteiger partial charge in [0.05, 0.1) is 19.6 Å². The van der Waals surface area contributed by atoms with E-state index in [-0.39, 0.29) is 12.3 Å². The van der Waals surface area contributed by atoms with Crippen LogP contribution in [-0.2, 0) is 16.1 Å². The molecule has 0 saturated carbocycles. The molecule has 9 nitrogen and oxygen atoms in total. The molecule has 1 aromatic carbocycles. The predicted molar refractivity (Wildman–Crippen MR) is 90.9 cm³/mol. The van der Waals surface area contributed by atoms with Crippen LogP contribution in [0.4, 0.5) is 4.79 Å². The summed E-state index contributed by atoms with van der Waals surface area (Å²) in [4.78, 5) is 27.1. The highest BCUT2D eigenvalue weighted by Crippen LogP contribution is 2.28. The van der Waals surface area contributed by atoms with Gasteiger partial charge in [-0.25, -0.2) is 4.79 Å². The summed E-state index contributed by atoms with van der Waals surface area (Å²) >= 11 is 0.